The number of hydrogen-bond donors (Lipinski definition) is 3. The number of H-pyrrole nitrogens is 1. The topological polar surface area (TPSA) is 87.6 Å². The molecule has 26 heavy (non-hydrogen) atoms. The van der Waals surface area contributed by atoms with Crippen molar-refractivity contribution < 1.29 is 0 Å². The first kappa shape index (κ1) is 16.8. The number of aromatic nitrogens is 4. The normalized spacial score (nSPS) is 18.3. The van der Waals surface area contributed by atoms with E-state index in [2.05, 4.69) is 44.6 Å². The summed E-state index contributed by atoms with van der Waals surface area (Å²) in [6.07, 6.45) is 2.84. The summed E-state index contributed by atoms with van der Waals surface area (Å²) in [6, 6.07) is 8.00. The molecule has 1 aromatic carbocycles. The molecule has 0 amide bonds. The van der Waals surface area contributed by atoms with Gasteiger partial charge in [-0.2, -0.15) is 4.98 Å². The van der Waals surface area contributed by atoms with E-state index in [1.165, 1.54) is 0 Å². The first-order valence-electron chi connectivity index (χ1n) is 9.11. The molecule has 2 atom stereocenters. The van der Waals surface area contributed by atoms with Gasteiger partial charge in [-0.15, -0.1) is 0 Å². The van der Waals surface area contributed by atoms with E-state index in [4.69, 9.17) is 0 Å². The number of aromatic amines is 1. The molecule has 1 fully saturated rings. The number of nitrogens with one attached hydrogen (secondary N) is 3. The average molecular weight is 352 g/mol. The van der Waals surface area contributed by atoms with Crippen LogP contribution < -0.4 is 16.3 Å². The molecule has 0 saturated carbocycles. The van der Waals surface area contributed by atoms with E-state index in [0.29, 0.717) is 23.0 Å². The standard InChI is InChI=1S/C19H24N6O/c1-12-5-3-4-6-15(12)13(2)25-17-16(23-19(25)26)11-22-18(24-17)21-10-14-7-8-20-9-14/h3-6,11,13-14,20H,7-10H2,1-2H3,(H,23,26)(H,21,22,24)/t13-,14+/m0/s1. The predicted octanol–water partition coefficient (Wildman–Crippen LogP) is 2.06. The molecule has 1 saturated heterocycles. The van der Waals surface area contributed by atoms with Gasteiger partial charge in [-0.1, -0.05) is 24.3 Å². The maximum atomic E-state index is 12.6. The Morgan fingerprint density at radius 2 is 2.23 bits per heavy atom. The Kier molecular flexibility index (Phi) is 4.46. The molecule has 3 heterocycles. The van der Waals surface area contributed by atoms with Gasteiger partial charge in [-0.3, -0.25) is 4.57 Å². The number of fused-ring (bicyclic) bond motifs is 1. The van der Waals surface area contributed by atoms with E-state index in [1.54, 1.807) is 10.8 Å². The van der Waals surface area contributed by atoms with Crippen molar-refractivity contribution >= 4 is 17.1 Å². The van der Waals surface area contributed by atoms with Crippen LogP contribution in [0.25, 0.3) is 11.2 Å². The van der Waals surface area contributed by atoms with Crippen molar-refractivity contribution in [3.8, 4) is 0 Å². The summed E-state index contributed by atoms with van der Waals surface area (Å²) in [5.41, 5.74) is 3.39. The zero-order valence-electron chi connectivity index (χ0n) is 15.1. The van der Waals surface area contributed by atoms with Gasteiger partial charge in [0.1, 0.15) is 5.52 Å². The highest BCUT2D eigenvalue weighted by molar-refractivity contribution is 5.71. The van der Waals surface area contributed by atoms with E-state index >= 15 is 0 Å². The van der Waals surface area contributed by atoms with Gasteiger partial charge < -0.3 is 15.6 Å². The van der Waals surface area contributed by atoms with Crippen molar-refractivity contribution in [2.75, 3.05) is 25.0 Å². The van der Waals surface area contributed by atoms with Crippen LogP contribution in [0.2, 0.25) is 0 Å². The molecule has 0 aliphatic carbocycles. The van der Waals surface area contributed by atoms with Crippen LogP contribution in [0.4, 0.5) is 5.95 Å². The average Bonchev–Trinajstić information content (AvgIpc) is 3.26. The van der Waals surface area contributed by atoms with Gasteiger partial charge >= 0.3 is 5.69 Å². The van der Waals surface area contributed by atoms with Gasteiger partial charge in [0.25, 0.3) is 0 Å². The number of benzene rings is 1. The zero-order valence-corrected chi connectivity index (χ0v) is 15.1. The molecule has 7 heteroatoms. The highest BCUT2D eigenvalue weighted by Crippen LogP contribution is 2.23. The molecule has 7 nitrogen and oxygen atoms in total. The van der Waals surface area contributed by atoms with Crippen LogP contribution in [0.3, 0.4) is 0 Å². The van der Waals surface area contributed by atoms with Crippen molar-refractivity contribution in [1.29, 1.82) is 0 Å². The quantitative estimate of drug-likeness (QED) is 0.654. The fraction of sp³-hybridized carbons (Fsp3) is 0.421. The van der Waals surface area contributed by atoms with Crippen LogP contribution in [0.15, 0.2) is 35.3 Å². The maximum absolute atomic E-state index is 12.6. The van der Waals surface area contributed by atoms with E-state index in [-0.39, 0.29) is 11.7 Å². The highest BCUT2D eigenvalue weighted by Gasteiger charge is 2.19. The van der Waals surface area contributed by atoms with Crippen molar-refractivity contribution in [1.82, 2.24) is 24.8 Å². The summed E-state index contributed by atoms with van der Waals surface area (Å²) in [5, 5.41) is 6.67. The molecular formula is C19H24N6O. The molecule has 0 unspecified atom stereocenters. The SMILES string of the molecule is Cc1ccccc1[C@H](C)n1c(=O)[nH]c2cnc(NC[C@@H]3CCNC3)nc21. The minimum atomic E-state index is -0.165. The number of imidazole rings is 1. The lowest BCUT2D eigenvalue weighted by atomic mass is 10.0. The summed E-state index contributed by atoms with van der Waals surface area (Å²) in [7, 11) is 0. The fourth-order valence-corrected chi connectivity index (χ4v) is 3.68. The fourth-order valence-electron chi connectivity index (χ4n) is 3.68. The van der Waals surface area contributed by atoms with Gasteiger partial charge in [0.15, 0.2) is 5.65 Å². The van der Waals surface area contributed by atoms with Crippen LogP contribution in [0.1, 0.15) is 30.5 Å². The predicted molar refractivity (Wildman–Crippen MR) is 103 cm³/mol. The maximum Gasteiger partial charge on any atom is 0.328 e. The lowest BCUT2D eigenvalue weighted by Crippen LogP contribution is -2.22. The third-order valence-electron chi connectivity index (χ3n) is 5.19. The molecule has 0 bridgehead atoms. The van der Waals surface area contributed by atoms with Crippen LogP contribution in [-0.2, 0) is 0 Å². The number of aryl methyl sites for hydroxylation is 1. The van der Waals surface area contributed by atoms with Gasteiger partial charge in [0, 0.05) is 6.54 Å². The van der Waals surface area contributed by atoms with Crippen molar-refractivity contribution in [2.45, 2.75) is 26.3 Å². The summed E-state index contributed by atoms with van der Waals surface area (Å²) >= 11 is 0. The third kappa shape index (κ3) is 3.10. The van der Waals surface area contributed by atoms with Gasteiger partial charge in [0.2, 0.25) is 5.95 Å². The molecule has 136 valence electrons. The smallest absolute Gasteiger partial charge is 0.328 e. The first-order valence-corrected chi connectivity index (χ1v) is 9.11. The van der Waals surface area contributed by atoms with Gasteiger partial charge in [-0.25, -0.2) is 9.78 Å². The van der Waals surface area contributed by atoms with Crippen LogP contribution >= 0.6 is 0 Å². The number of anilines is 1. The molecule has 1 aliphatic heterocycles. The van der Waals surface area contributed by atoms with Crippen LogP contribution in [-0.4, -0.2) is 39.2 Å². The van der Waals surface area contributed by atoms with Crippen LogP contribution in [0.5, 0.6) is 0 Å². The second-order valence-electron chi connectivity index (χ2n) is 7.00. The minimum absolute atomic E-state index is 0.112. The zero-order chi connectivity index (χ0) is 18.1. The molecule has 3 aromatic rings. The van der Waals surface area contributed by atoms with Crippen LogP contribution in [0, 0.1) is 12.8 Å². The summed E-state index contributed by atoms with van der Waals surface area (Å²) in [6.45, 7) is 7.01. The monoisotopic (exact) mass is 352 g/mol. The Hall–Kier alpha value is -2.67. The molecule has 4 rings (SSSR count). The number of nitrogens with zero attached hydrogens (tertiary/aromatic N) is 3. The molecular weight excluding hydrogens is 328 g/mol. The second-order valence-corrected chi connectivity index (χ2v) is 7.00. The Bertz CT molecular complexity index is 970. The summed E-state index contributed by atoms with van der Waals surface area (Å²) in [5.74, 6) is 1.16. The molecule has 0 spiro atoms. The molecule has 2 aromatic heterocycles. The Balaban J connectivity index is 1.67. The van der Waals surface area contributed by atoms with Crippen molar-refractivity contribution in [3.05, 3.63) is 52.1 Å². The second kappa shape index (κ2) is 6.92. The first-order chi connectivity index (χ1) is 12.6. The molecule has 1 aliphatic rings. The molecule has 3 N–H and O–H groups in total. The number of hydrogen-bond acceptors (Lipinski definition) is 5. The largest absolute Gasteiger partial charge is 0.354 e. The van der Waals surface area contributed by atoms with E-state index in [1.807, 2.05) is 19.1 Å². The van der Waals surface area contributed by atoms with Gasteiger partial charge in [-0.05, 0) is 50.4 Å². The lowest BCUT2D eigenvalue weighted by molar-refractivity contribution is 0.611. The Morgan fingerprint density at radius 1 is 1.38 bits per heavy atom. The highest BCUT2D eigenvalue weighted by atomic mass is 16.1. The Labute approximate surface area is 151 Å². The molecule has 0 radical (unpaired) electrons. The van der Waals surface area contributed by atoms with Crippen molar-refractivity contribution in [3.63, 3.8) is 0 Å². The van der Waals surface area contributed by atoms with E-state index < -0.39 is 0 Å². The van der Waals surface area contributed by atoms with Gasteiger partial charge in [0.05, 0.1) is 12.2 Å². The third-order valence-corrected chi connectivity index (χ3v) is 5.19. The summed E-state index contributed by atoms with van der Waals surface area (Å²) in [4.78, 5) is 24.4. The van der Waals surface area contributed by atoms with E-state index in [9.17, 15) is 4.79 Å². The van der Waals surface area contributed by atoms with Crippen molar-refractivity contribution in [2.24, 2.45) is 5.92 Å². The minimum Gasteiger partial charge on any atom is -0.354 e. The van der Waals surface area contributed by atoms with E-state index in [0.717, 1.165) is 37.2 Å². The number of rotatable bonds is 5. The summed E-state index contributed by atoms with van der Waals surface area (Å²) < 4.78 is 1.71. The lowest BCUT2D eigenvalue weighted by Gasteiger charge is -2.16. The Morgan fingerprint density at radius 3 is 3.00 bits per heavy atom.